The van der Waals surface area contributed by atoms with Crippen LogP contribution < -0.4 is 0 Å². The van der Waals surface area contributed by atoms with Gasteiger partial charge < -0.3 is 8.83 Å². The molecule has 0 spiro atoms. The topological polar surface area (TPSA) is 65.0 Å². The van der Waals surface area contributed by atoms with Gasteiger partial charge in [-0.15, -0.1) is 0 Å². The number of fused-ring (bicyclic) bond motifs is 8. The van der Waals surface area contributed by atoms with Gasteiger partial charge in [0.05, 0.1) is 0 Å². The van der Waals surface area contributed by atoms with Gasteiger partial charge in [0.1, 0.15) is 22.3 Å². The quantitative estimate of drug-likeness (QED) is 0.187. The Kier molecular flexibility index (Phi) is 6.18. The average molecular weight is 666 g/mol. The van der Waals surface area contributed by atoms with Crippen molar-refractivity contribution in [2.75, 3.05) is 0 Å². The standard InChI is InChI=1S/C47H27N3O2/c1-2-10-29-23-31(18-17-28(29)9-1)40-25-34(24-30-11-3-4-12-35(30)40)47-49-45(32-19-21-38-36-13-5-7-15-41(36)51-43(38)26-32)48-46(50-47)33-20-22-39-37-14-6-8-16-42(37)52-44(39)27-33/h1-27H. The second kappa shape index (κ2) is 11.2. The monoisotopic (exact) mass is 665 g/mol. The summed E-state index contributed by atoms with van der Waals surface area (Å²) in [5.74, 6) is 1.71. The summed E-state index contributed by atoms with van der Waals surface area (Å²) in [5.41, 5.74) is 8.12. The molecule has 3 heterocycles. The molecular formula is C47H27N3O2. The van der Waals surface area contributed by atoms with E-state index in [2.05, 4.69) is 115 Å². The van der Waals surface area contributed by atoms with Gasteiger partial charge in [0.25, 0.3) is 0 Å². The van der Waals surface area contributed by atoms with Gasteiger partial charge in [-0.2, -0.15) is 0 Å². The molecule has 0 aliphatic rings. The highest BCUT2D eigenvalue weighted by Gasteiger charge is 2.18. The highest BCUT2D eigenvalue weighted by molar-refractivity contribution is 6.07. The van der Waals surface area contributed by atoms with E-state index in [4.69, 9.17) is 23.8 Å². The number of nitrogens with zero attached hydrogens (tertiary/aromatic N) is 3. The summed E-state index contributed by atoms with van der Waals surface area (Å²) >= 11 is 0. The van der Waals surface area contributed by atoms with Gasteiger partial charge in [0.2, 0.25) is 0 Å². The average Bonchev–Trinajstić information content (AvgIpc) is 3.77. The first-order valence-electron chi connectivity index (χ1n) is 17.3. The first-order chi connectivity index (χ1) is 25.7. The maximum absolute atomic E-state index is 6.28. The fourth-order valence-electron chi connectivity index (χ4n) is 7.53. The van der Waals surface area contributed by atoms with E-state index in [-0.39, 0.29) is 0 Å². The minimum Gasteiger partial charge on any atom is -0.456 e. The molecule has 0 bridgehead atoms. The second-order valence-electron chi connectivity index (χ2n) is 13.2. The lowest BCUT2D eigenvalue weighted by Crippen LogP contribution is -2.00. The van der Waals surface area contributed by atoms with E-state index >= 15 is 0 Å². The number of para-hydroxylation sites is 2. The van der Waals surface area contributed by atoms with Crippen LogP contribution in [0.1, 0.15) is 0 Å². The number of hydrogen-bond acceptors (Lipinski definition) is 5. The molecular weight excluding hydrogens is 639 g/mol. The number of benzene rings is 8. The third kappa shape index (κ3) is 4.60. The first-order valence-corrected chi connectivity index (χ1v) is 17.3. The van der Waals surface area contributed by atoms with Crippen LogP contribution in [0.5, 0.6) is 0 Å². The lowest BCUT2D eigenvalue weighted by molar-refractivity contribution is 0.668. The molecule has 0 saturated heterocycles. The Morgan fingerprint density at radius 1 is 0.288 bits per heavy atom. The van der Waals surface area contributed by atoms with Crippen LogP contribution in [0.3, 0.4) is 0 Å². The van der Waals surface area contributed by atoms with Gasteiger partial charge in [-0.25, -0.2) is 15.0 Å². The molecule has 0 aliphatic carbocycles. The molecule has 0 amide bonds. The minimum absolute atomic E-state index is 0.562. The van der Waals surface area contributed by atoms with Crippen LogP contribution in [0, 0.1) is 0 Å². The molecule has 0 N–H and O–H groups in total. The Labute approximate surface area is 297 Å². The normalized spacial score (nSPS) is 11.8. The van der Waals surface area contributed by atoms with Crippen molar-refractivity contribution in [3.8, 4) is 45.3 Å². The molecule has 0 unspecified atom stereocenters. The summed E-state index contributed by atoms with van der Waals surface area (Å²) in [6.45, 7) is 0. The Hall–Kier alpha value is -7.11. The molecule has 5 nitrogen and oxygen atoms in total. The minimum atomic E-state index is 0.562. The lowest BCUT2D eigenvalue weighted by atomic mass is 9.94. The molecule has 8 aromatic carbocycles. The van der Waals surface area contributed by atoms with Crippen LogP contribution in [0.2, 0.25) is 0 Å². The maximum atomic E-state index is 6.28. The Morgan fingerprint density at radius 2 is 0.750 bits per heavy atom. The molecule has 0 saturated carbocycles. The Bertz CT molecular complexity index is 3080. The van der Waals surface area contributed by atoms with Gasteiger partial charge in [0, 0.05) is 38.2 Å². The fourth-order valence-corrected chi connectivity index (χ4v) is 7.53. The van der Waals surface area contributed by atoms with E-state index in [1.807, 2.05) is 48.5 Å². The van der Waals surface area contributed by atoms with Crippen molar-refractivity contribution in [1.29, 1.82) is 0 Å². The van der Waals surface area contributed by atoms with E-state index in [9.17, 15) is 0 Å². The van der Waals surface area contributed by atoms with E-state index < -0.39 is 0 Å². The van der Waals surface area contributed by atoms with Crippen molar-refractivity contribution in [2.45, 2.75) is 0 Å². The summed E-state index contributed by atoms with van der Waals surface area (Å²) in [5, 5.41) is 8.95. The van der Waals surface area contributed by atoms with Crippen molar-refractivity contribution in [2.24, 2.45) is 0 Å². The zero-order valence-electron chi connectivity index (χ0n) is 27.7. The predicted octanol–water partition coefficient (Wildman–Crippen LogP) is 12.6. The summed E-state index contributed by atoms with van der Waals surface area (Å²) in [6.07, 6.45) is 0. The van der Waals surface area contributed by atoms with Crippen molar-refractivity contribution >= 4 is 65.4 Å². The van der Waals surface area contributed by atoms with Crippen molar-refractivity contribution in [1.82, 2.24) is 15.0 Å². The number of hydrogen-bond donors (Lipinski definition) is 0. The number of rotatable bonds is 4. The first kappa shape index (κ1) is 28.7. The molecule has 0 fully saturated rings. The molecule has 52 heavy (non-hydrogen) atoms. The summed E-state index contributed by atoms with van der Waals surface area (Å²) in [7, 11) is 0. The Balaban J connectivity index is 1.14. The Morgan fingerprint density at radius 3 is 1.38 bits per heavy atom. The maximum Gasteiger partial charge on any atom is 0.164 e. The van der Waals surface area contributed by atoms with E-state index in [0.29, 0.717) is 17.5 Å². The number of aromatic nitrogens is 3. The highest BCUT2D eigenvalue weighted by Crippen LogP contribution is 2.38. The van der Waals surface area contributed by atoms with Gasteiger partial charge >= 0.3 is 0 Å². The molecule has 11 aromatic rings. The van der Waals surface area contributed by atoms with Crippen molar-refractivity contribution in [3.63, 3.8) is 0 Å². The summed E-state index contributed by atoms with van der Waals surface area (Å²) < 4.78 is 12.6. The zero-order chi connectivity index (χ0) is 34.2. The summed E-state index contributed by atoms with van der Waals surface area (Å²) in [6, 6.07) is 56.6. The fraction of sp³-hybridized carbons (Fsp3) is 0. The van der Waals surface area contributed by atoms with E-state index in [1.54, 1.807) is 0 Å². The van der Waals surface area contributed by atoms with Crippen LogP contribution in [-0.4, -0.2) is 15.0 Å². The predicted molar refractivity (Wildman–Crippen MR) is 211 cm³/mol. The van der Waals surface area contributed by atoms with Gasteiger partial charge in [0.15, 0.2) is 17.5 Å². The van der Waals surface area contributed by atoms with E-state index in [0.717, 1.165) is 77.1 Å². The van der Waals surface area contributed by atoms with Gasteiger partial charge in [-0.05, 0) is 87.3 Å². The van der Waals surface area contributed by atoms with Crippen LogP contribution in [-0.2, 0) is 0 Å². The second-order valence-corrected chi connectivity index (χ2v) is 13.2. The lowest BCUT2D eigenvalue weighted by Gasteiger charge is -2.13. The highest BCUT2D eigenvalue weighted by atomic mass is 16.3. The number of furan rings is 2. The summed E-state index contributed by atoms with van der Waals surface area (Å²) in [4.78, 5) is 15.4. The zero-order valence-corrected chi connectivity index (χ0v) is 27.7. The molecule has 0 atom stereocenters. The van der Waals surface area contributed by atoms with Gasteiger partial charge in [-0.3, -0.25) is 0 Å². The van der Waals surface area contributed by atoms with Crippen LogP contribution >= 0.6 is 0 Å². The SMILES string of the molecule is c1ccc2cc(-c3cc(-c4nc(-c5ccc6c(c5)oc5ccccc56)nc(-c5ccc6c(c5)oc5ccccc56)n4)cc4ccccc34)ccc2c1. The third-order valence-corrected chi connectivity index (χ3v) is 10.1. The van der Waals surface area contributed by atoms with Crippen LogP contribution in [0.25, 0.3) is 111 Å². The van der Waals surface area contributed by atoms with Crippen LogP contribution in [0.4, 0.5) is 0 Å². The third-order valence-electron chi connectivity index (χ3n) is 10.1. The molecule has 0 radical (unpaired) electrons. The molecule has 11 rings (SSSR count). The van der Waals surface area contributed by atoms with Crippen LogP contribution in [0.15, 0.2) is 173 Å². The molecule has 5 heteroatoms. The van der Waals surface area contributed by atoms with E-state index in [1.165, 1.54) is 16.2 Å². The van der Waals surface area contributed by atoms with Crippen molar-refractivity contribution in [3.05, 3.63) is 164 Å². The van der Waals surface area contributed by atoms with Gasteiger partial charge in [-0.1, -0.05) is 109 Å². The molecule has 3 aromatic heterocycles. The smallest absolute Gasteiger partial charge is 0.164 e. The molecule has 0 aliphatic heterocycles. The largest absolute Gasteiger partial charge is 0.456 e. The molecule has 242 valence electrons. The van der Waals surface area contributed by atoms with Crippen molar-refractivity contribution < 1.29 is 8.83 Å².